The van der Waals surface area contributed by atoms with Crippen LogP contribution in [0.2, 0.25) is 10.0 Å². The second-order valence-corrected chi connectivity index (χ2v) is 7.16. The van der Waals surface area contributed by atoms with E-state index in [4.69, 9.17) is 27.9 Å². The number of hydrogen-bond donors (Lipinski definition) is 1. The van der Waals surface area contributed by atoms with Gasteiger partial charge in [-0.15, -0.1) is 0 Å². The maximum Gasteiger partial charge on any atom is 0.410 e. The number of alkyl halides is 3. The molecule has 0 unspecified atom stereocenters. The monoisotopic (exact) mass is 435 g/mol. The number of nitrogens with one attached hydrogen (secondary N) is 1. The highest BCUT2D eigenvalue weighted by atomic mass is 35.5. The van der Waals surface area contributed by atoms with Crippen LogP contribution in [0.3, 0.4) is 0 Å². The highest BCUT2D eigenvalue weighted by molar-refractivity contribution is 6.36. The number of esters is 1. The molecule has 3 rings (SSSR count). The van der Waals surface area contributed by atoms with E-state index in [1.165, 1.54) is 18.2 Å². The molecule has 2 atom stereocenters. The maximum atomic E-state index is 13.2. The van der Waals surface area contributed by atoms with E-state index in [2.05, 4.69) is 10.4 Å². The topological polar surface area (TPSA) is 73.2 Å². The van der Waals surface area contributed by atoms with Crippen molar-refractivity contribution in [2.24, 2.45) is 0 Å². The molecule has 1 aliphatic rings. The van der Waals surface area contributed by atoms with Gasteiger partial charge in [0.05, 0.1) is 5.02 Å². The van der Waals surface area contributed by atoms with Gasteiger partial charge >= 0.3 is 12.1 Å². The number of hydrogen-bond acceptors (Lipinski definition) is 5. The van der Waals surface area contributed by atoms with Crippen molar-refractivity contribution in [1.82, 2.24) is 9.78 Å². The van der Waals surface area contributed by atoms with E-state index in [1.807, 2.05) is 0 Å². The van der Waals surface area contributed by atoms with Crippen LogP contribution < -0.4 is 5.32 Å². The van der Waals surface area contributed by atoms with Crippen LogP contribution in [0.25, 0.3) is 0 Å². The van der Waals surface area contributed by atoms with Crippen molar-refractivity contribution in [2.45, 2.75) is 31.6 Å². The molecule has 0 amide bonds. The molecule has 1 aromatic carbocycles. The Labute approximate surface area is 167 Å². The van der Waals surface area contributed by atoms with Gasteiger partial charge in [0.2, 0.25) is 5.78 Å². The van der Waals surface area contributed by atoms with Crippen LogP contribution in [0.4, 0.5) is 19.0 Å². The highest BCUT2D eigenvalue weighted by Crippen LogP contribution is 2.39. The molecule has 0 bridgehead atoms. The van der Waals surface area contributed by atoms with Crippen molar-refractivity contribution >= 4 is 40.8 Å². The summed E-state index contributed by atoms with van der Waals surface area (Å²) in [4.78, 5) is 24.3. The first-order valence-electron chi connectivity index (χ1n) is 8.14. The number of anilines is 1. The molecular weight excluding hydrogens is 422 g/mol. The fourth-order valence-corrected chi connectivity index (χ4v) is 3.37. The largest absolute Gasteiger partial charge is 0.453 e. The van der Waals surface area contributed by atoms with E-state index in [1.54, 1.807) is 6.92 Å². The van der Waals surface area contributed by atoms with Crippen molar-refractivity contribution in [2.75, 3.05) is 11.9 Å². The minimum Gasteiger partial charge on any atom is -0.453 e. The Bertz CT molecular complexity index is 930. The van der Waals surface area contributed by atoms with Crippen LogP contribution >= 0.6 is 23.2 Å². The summed E-state index contributed by atoms with van der Waals surface area (Å²) < 4.78 is 45.3. The Morgan fingerprint density at radius 1 is 1.32 bits per heavy atom. The van der Waals surface area contributed by atoms with Gasteiger partial charge in [-0.2, -0.15) is 18.3 Å². The normalized spacial score (nSPS) is 18.9. The number of Topliss-reactive ketones (excluding diaryl/α,β-unsaturated/α-hetero) is 1. The second-order valence-electron chi connectivity index (χ2n) is 6.32. The number of carbonyl (C=O) groups is 2. The fraction of sp³-hybridized carbons (Fsp3) is 0.353. The first kappa shape index (κ1) is 20.5. The molecule has 1 aliphatic heterocycles. The van der Waals surface area contributed by atoms with Crippen LogP contribution in [0, 0.1) is 0 Å². The molecule has 150 valence electrons. The van der Waals surface area contributed by atoms with Crippen LogP contribution in [-0.4, -0.2) is 40.4 Å². The van der Waals surface area contributed by atoms with Gasteiger partial charge in [0.1, 0.15) is 5.82 Å². The summed E-state index contributed by atoms with van der Waals surface area (Å²) >= 11 is 11.7. The standard InChI is InChI=1S/C17H14Cl2F3N3O3/c1-8-4-14(17(20,21)22)25-15(23-8)6-12(24-25)16(27)28-7-13(26)10-3-2-9(18)5-11(10)19/h2-3,5-6,8,14,23H,4,7H2,1H3/t8-,14+/m1/s1. The van der Waals surface area contributed by atoms with Crippen molar-refractivity contribution < 1.29 is 27.5 Å². The van der Waals surface area contributed by atoms with Gasteiger partial charge in [-0.25, -0.2) is 9.48 Å². The Kier molecular flexibility index (Phi) is 5.58. The lowest BCUT2D eigenvalue weighted by atomic mass is 10.1. The summed E-state index contributed by atoms with van der Waals surface area (Å²) in [7, 11) is 0. The number of rotatable bonds is 4. The molecule has 0 spiro atoms. The number of halogens is 5. The van der Waals surface area contributed by atoms with E-state index in [-0.39, 0.29) is 28.5 Å². The van der Waals surface area contributed by atoms with Crippen LogP contribution in [-0.2, 0) is 4.74 Å². The Hall–Kier alpha value is -2.26. The van der Waals surface area contributed by atoms with E-state index in [0.717, 1.165) is 6.07 Å². The molecule has 2 heterocycles. The third kappa shape index (κ3) is 4.25. The van der Waals surface area contributed by atoms with Crippen molar-refractivity contribution in [3.05, 3.63) is 45.6 Å². The van der Waals surface area contributed by atoms with Gasteiger partial charge in [-0.05, 0) is 31.5 Å². The molecule has 0 radical (unpaired) electrons. The molecule has 2 aromatic rings. The smallest absolute Gasteiger partial charge is 0.410 e. The first-order chi connectivity index (χ1) is 13.1. The zero-order valence-corrected chi connectivity index (χ0v) is 15.9. The van der Waals surface area contributed by atoms with E-state index in [0.29, 0.717) is 9.70 Å². The van der Waals surface area contributed by atoms with Crippen molar-refractivity contribution in [1.29, 1.82) is 0 Å². The molecule has 0 fully saturated rings. The molecule has 28 heavy (non-hydrogen) atoms. The van der Waals surface area contributed by atoms with Gasteiger partial charge in [0.25, 0.3) is 0 Å². The summed E-state index contributed by atoms with van der Waals surface area (Å²) in [5, 5.41) is 6.98. The third-order valence-corrected chi connectivity index (χ3v) is 4.70. The molecule has 1 aromatic heterocycles. The van der Waals surface area contributed by atoms with Crippen LogP contribution in [0.5, 0.6) is 0 Å². The van der Waals surface area contributed by atoms with Crippen molar-refractivity contribution in [3.63, 3.8) is 0 Å². The first-order valence-corrected chi connectivity index (χ1v) is 8.90. The predicted octanol–water partition coefficient (Wildman–Crippen LogP) is 4.54. The molecule has 1 N–H and O–H groups in total. The van der Waals surface area contributed by atoms with Gasteiger partial charge in [0, 0.05) is 22.7 Å². The average molecular weight is 436 g/mol. The predicted molar refractivity (Wildman–Crippen MR) is 96.1 cm³/mol. The lowest BCUT2D eigenvalue weighted by Gasteiger charge is -2.31. The van der Waals surface area contributed by atoms with Gasteiger partial charge in [0.15, 0.2) is 18.3 Å². The zero-order valence-electron chi connectivity index (χ0n) is 14.4. The van der Waals surface area contributed by atoms with Gasteiger partial charge in [-0.3, -0.25) is 4.79 Å². The molecule has 6 nitrogen and oxygen atoms in total. The number of ether oxygens (including phenoxy) is 1. The third-order valence-electron chi connectivity index (χ3n) is 4.15. The zero-order chi connectivity index (χ0) is 20.6. The summed E-state index contributed by atoms with van der Waals surface area (Å²) in [6.45, 7) is 0.955. The summed E-state index contributed by atoms with van der Waals surface area (Å²) in [5.41, 5.74) is -0.225. The molecule has 11 heteroatoms. The van der Waals surface area contributed by atoms with Crippen LogP contribution in [0.15, 0.2) is 24.3 Å². The van der Waals surface area contributed by atoms with E-state index in [9.17, 15) is 22.8 Å². The number of benzene rings is 1. The number of aromatic nitrogens is 2. The maximum absolute atomic E-state index is 13.2. The second kappa shape index (κ2) is 7.63. The molecule has 0 saturated carbocycles. The van der Waals surface area contributed by atoms with E-state index >= 15 is 0 Å². The Balaban J connectivity index is 1.73. The lowest BCUT2D eigenvalue weighted by molar-refractivity contribution is -0.173. The Morgan fingerprint density at radius 2 is 2.04 bits per heavy atom. The molecule has 0 saturated heterocycles. The van der Waals surface area contributed by atoms with Crippen LogP contribution in [0.1, 0.15) is 40.2 Å². The van der Waals surface area contributed by atoms with Crippen molar-refractivity contribution in [3.8, 4) is 0 Å². The lowest BCUT2D eigenvalue weighted by Crippen LogP contribution is -2.37. The number of ketones is 1. The molecule has 0 aliphatic carbocycles. The minimum atomic E-state index is -4.51. The minimum absolute atomic E-state index is 0.0556. The Morgan fingerprint density at radius 3 is 2.68 bits per heavy atom. The quantitative estimate of drug-likeness (QED) is 0.563. The molecular formula is C17H14Cl2F3N3O3. The summed E-state index contributed by atoms with van der Waals surface area (Å²) in [6.07, 6.45) is -4.74. The number of fused-ring (bicyclic) bond motifs is 1. The summed E-state index contributed by atoms with van der Waals surface area (Å²) in [6, 6.07) is 3.07. The highest BCUT2D eigenvalue weighted by Gasteiger charge is 2.45. The van der Waals surface area contributed by atoms with E-state index < -0.39 is 36.6 Å². The SMILES string of the molecule is C[C@@H]1C[C@@H](C(F)(F)F)n2nc(C(=O)OCC(=O)c3ccc(Cl)cc3Cl)cc2N1. The fourth-order valence-electron chi connectivity index (χ4n) is 2.86. The number of carbonyl (C=O) groups excluding carboxylic acids is 2. The average Bonchev–Trinajstić information content (AvgIpc) is 3.01. The summed E-state index contributed by atoms with van der Waals surface area (Å²) in [5.74, 6) is -1.55. The van der Waals surface area contributed by atoms with Gasteiger partial charge < -0.3 is 10.1 Å². The number of nitrogens with zero attached hydrogens (tertiary/aromatic N) is 2. The van der Waals surface area contributed by atoms with Gasteiger partial charge in [-0.1, -0.05) is 23.2 Å².